The van der Waals surface area contributed by atoms with E-state index in [4.69, 9.17) is 25.8 Å². The van der Waals surface area contributed by atoms with Crippen molar-refractivity contribution in [3.8, 4) is 17.2 Å². The third kappa shape index (κ3) is 5.42. The average molecular weight is 522 g/mol. The van der Waals surface area contributed by atoms with Gasteiger partial charge in [0.25, 0.3) is 11.7 Å². The van der Waals surface area contributed by atoms with Gasteiger partial charge in [-0.15, -0.1) is 0 Å². The van der Waals surface area contributed by atoms with Crippen LogP contribution in [0.5, 0.6) is 17.2 Å². The second-order valence-corrected chi connectivity index (χ2v) is 9.27. The van der Waals surface area contributed by atoms with Crippen LogP contribution >= 0.6 is 11.6 Å². The Hall–Kier alpha value is -3.97. The van der Waals surface area contributed by atoms with Crippen LogP contribution in [0.3, 0.4) is 0 Å². The molecule has 4 rings (SSSR count). The number of benzene rings is 3. The quantitative estimate of drug-likeness (QED) is 0.230. The maximum Gasteiger partial charge on any atom is 0.295 e. The molecular weight excluding hydrogens is 494 g/mol. The van der Waals surface area contributed by atoms with Crippen LogP contribution in [-0.4, -0.2) is 42.0 Å². The topological polar surface area (TPSA) is 85.3 Å². The third-order valence-electron chi connectivity index (χ3n) is 6.00. The van der Waals surface area contributed by atoms with E-state index in [9.17, 15) is 14.7 Å². The van der Waals surface area contributed by atoms with Crippen LogP contribution in [-0.2, 0) is 16.1 Å². The van der Waals surface area contributed by atoms with Crippen LogP contribution in [0, 0.1) is 0 Å². The first-order chi connectivity index (χ1) is 17.7. The first-order valence-electron chi connectivity index (χ1n) is 11.7. The van der Waals surface area contributed by atoms with E-state index in [1.807, 2.05) is 26.0 Å². The highest BCUT2D eigenvalue weighted by Gasteiger charge is 2.46. The monoisotopic (exact) mass is 521 g/mol. The standard InChI is InChI=1S/C29H28ClNO6/c1-17(2)37-22-10-6-8-19(14-22)26-25(27(32)20-11-12-24(36-4)23(30)15-20)28(33)29(34)31(26)16-18-7-5-9-21(13-18)35-3/h5-15,17,26,32H,16H2,1-4H3/b27-25+. The number of hydrogen-bond donors (Lipinski definition) is 1. The summed E-state index contributed by atoms with van der Waals surface area (Å²) in [6, 6.07) is 18.3. The van der Waals surface area contributed by atoms with Crippen molar-refractivity contribution in [2.24, 2.45) is 0 Å². The summed E-state index contributed by atoms with van der Waals surface area (Å²) in [5, 5.41) is 11.6. The molecule has 8 heteroatoms. The summed E-state index contributed by atoms with van der Waals surface area (Å²) in [5.74, 6) is -0.183. The Morgan fingerprint density at radius 3 is 2.38 bits per heavy atom. The van der Waals surface area contributed by atoms with Crippen molar-refractivity contribution in [2.75, 3.05) is 14.2 Å². The van der Waals surface area contributed by atoms with Gasteiger partial charge in [-0.3, -0.25) is 9.59 Å². The molecule has 0 saturated carbocycles. The summed E-state index contributed by atoms with van der Waals surface area (Å²) in [7, 11) is 3.04. The predicted octanol–water partition coefficient (Wildman–Crippen LogP) is 5.77. The van der Waals surface area contributed by atoms with Gasteiger partial charge in [0.15, 0.2) is 0 Å². The van der Waals surface area contributed by atoms with Crippen molar-refractivity contribution in [1.82, 2.24) is 4.90 Å². The summed E-state index contributed by atoms with van der Waals surface area (Å²) < 4.78 is 16.4. The van der Waals surface area contributed by atoms with Crippen LogP contribution in [0.2, 0.25) is 5.02 Å². The lowest BCUT2D eigenvalue weighted by atomic mass is 9.95. The number of aliphatic hydroxyl groups is 1. The number of halogens is 1. The highest BCUT2D eigenvalue weighted by atomic mass is 35.5. The Morgan fingerprint density at radius 1 is 0.973 bits per heavy atom. The molecule has 1 N–H and O–H groups in total. The maximum absolute atomic E-state index is 13.4. The van der Waals surface area contributed by atoms with Crippen molar-refractivity contribution >= 4 is 29.1 Å². The zero-order valence-corrected chi connectivity index (χ0v) is 21.8. The molecule has 0 aliphatic carbocycles. The molecule has 0 bridgehead atoms. The Labute approximate surface area is 220 Å². The second-order valence-electron chi connectivity index (χ2n) is 8.87. The molecule has 0 aromatic heterocycles. The molecule has 3 aromatic carbocycles. The van der Waals surface area contributed by atoms with Gasteiger partial charge in [0.05, 0.1) is 37.0 Å². The van der Waals surface area contributed by atoms with Gasteiger partial charge in [-0.25, -0.2) is 0 Å². The Balaban J connectivity index is 1.86. The molecular formula is C29H28ClNO6. The summed E-state index contributed by atoms with van der Waals surface area (Å²) in [4.78, 5) is 28.2. The number of ketones is 1. The minimum atomic E-state index is -0.859. The molecule has 1 aliphatic rings. The Kier molecular flexibility index (Phi) is 7.74. The molecule has 1 unspecified atom stereocenters. The molecule has 1 aliphatic heterocycles. The number of methoxy groups -OCH3 is 2. The molecule has 0 spiro atoms. The lowest BCUT2D eigenvalue weighted by molar-refractivity contribution is -0.140. The smallest absolute Gasteiger partial charge is 0.295 e. The SMILES string of the molecule is COc1cccc(CN2C(=O)C(=O)/C(=C(/O)c3ccc(OC)c(Cl)c3)C2c2cccc(OC(C)C)c2)c1. The number of rotatable bonds is 8. The van der Waals surface area contributed by atoms with Gasteiger partial charge in [0.2, 0.25) is 0 Å². The summed E-state index contributed by atoms with van der Waals surface area (Å²) >= 11 is 6.28. The fraction of sp³-hybridized carbons (Fsp3) is 0.241. The minimum Gasteiger partial charge on any atom is -0.507 e. The van der Waals surface area contributed by atoms with Crippen molar-refractivity contribution in [2.45, 2.75) is 32.5 Å². The van der Waals surface area contributed by atoms with Crippen molar-refractivity contribution in [1.29, 1.82) is 0 Å². The Morgan fingerprint density at radius 2 is 1.70 bits per heavy atom. The molecule has 1 amide bonds. The molecule has 7 nitrogen and oxygen atoms in total. The zero-order valence-electron chi connectivity index (χ0n) is 21.0. The number of nitrogens with zero attached hydrogens (tertiary/aromatic N) is 1. The van der Waals surface area contributed by atoms with E-state index < -0.39 is 17.7 Å². The van der Waals surface area contributed by atoms with Crippen molar-refractivity contribution in [3.05, 3.63) is 94.0 Å². The van der Waals surface area contributed by atoms with E-state index in [1.165, 1.54) is 18.1 Å². The van der Waals surface area contributed by atoms with E-state index >= 15 is 0 Å². The van der Waals surface area contributed by atoms with Gasteiger partial charge in [-0.2, -0.15) is 0 Å². The van der Waals surface area contributed by atoms with Crippen LogP contribution in [0.15, 0.2) is 72.3 Å². The predicted molar refractivity (Wildman–Crippen MR) is 141 cm³/mol. The summed E-state index contributed by atoms with van der Waals surface area (Å²) in [6.07, 6.45) is -0.0696. The normalized spacial score (nSPS) is 16.8. The van der Waals surface area contributed by atoms with Crippen molar-refractivity contribution in [3.63, 3.8) is 0 Å². The molecule has 192 valence electrons. The van der Waals surface area contributed by atoms with Gasteiger partial charge in [-0.1, -0.05) is 35.9 Å². The molecule has 1 saturated heterocycles. The van der Waals surface area contributed by atoms with Gasteiger partial charge in [-0.05, 0) is 67.4 Å². The average Bonchev–Trinajstić information content (AvgIpc) is 3.13. The van der Waals surface area contributed by atoms with Crippen LogP contribution in [0.1, 0.15) is 36.6 Å². The number of carbonyl (C=O) groups is 2. The lowest BCUT2D eigenvalue weighted by Gasteiger charge is -2.26. The fourth-order valence-electron chi connectivity index (χ4n) is 4.36. The number of Topliss-reactive ketones (excluding diaryl/α,β-unsaturated/α-hetero) is 1. The highest BCUT2D eigenvalue weighted by Crippen LogP contribution is 2.42. The number of ether oxygens (including phenoxy) is 3. The highest BCUT2D eigenvalue weighted by molar-refractivity contribution is 6.46. The van der Waals surface area contributed by atoms with E-state index in [-0.39, 0.29) is 29.0 Å². The van der Waals surface area contributed by atoms with Gasteiger partial charge < -0.3 is 24.2 Å². The van der Waals surface area contributed by atoms with Crippen LogP contribution < -0.4 is 14.2 Å². The summed E-state index contributed by atoms with van der Waals surface area (Å²) in [5.41, 5.74) is 1.66. The second kappa shape index (κ2) is 11.0. The number of likely N-dealkylation sites (tertiary alicyclic amines) is 1. The molecule has 3 aromatic rings. The zero-order chi connectivity index (χ0) is 26.7. The van der Waals surface area contributed by atoms with Gasteiger partial charge >= 0.3 is 0 Å². The number of carbonyl (C=O) groups excluding carboxylic acids is 2. The first-order valence-corrected chi connectivity index (χ1v) is 12.1. The maximum atomic E-state index is 13.4. The first kappa shape index (κ1) is 26.1. The molecule has 1 atom stereocenters. The summed E-state index contributed by atoms with van der Waals surface area (Å²) in [6.45, 7) is 3.95. The number of hydrogen-bond acceptors (Lipinski definition) is 6. The molecule has 37 heavy (non-hydrogen) atoms. The van der Waals surface area contributed by atoms with Crippen LogP contribution in [0.25, 0.3) is 5.76 Å². The molecule has 1 heterocycles. The number of aliphatic hydroxyl groups excluding tert-OH is 1. The Bertz CT molecular complexity index is 1370. The fourth-order valence-corrected chi connectivity index (χ4v) is 4.61. The van der Waals surface area contributed by atoms with E-state index in [0.29, 0.717) is 28.4 Å². The van der Waals surface area contributed by atoms with Gasteiger partial charge in [0, 0.05) is 12.1 Å². The van der Waals surface area contributed by atoms with E-state index in [1.54, 1.807) is 55.6 Å². The molecule has 1 fully saturated rings. The lowest BCUT2D eigenvalue weighted by Crippen LogP contribution is -2.29. The molecule has 0 radical (unpaired) electrons. The van der Waals surface area contributed by atoms with E-state index in [0.717, 1.165) is 5.56 Å². The van der Waals surface area contributed by atoms with Crippen LogP contribution in [0.4, 0.5) is 0 Å². The van der Waals surface area contributed by atoms with Gasteiger partial charge in [0.1, 0.15) is 23.0 Å². The van der Waals surface area contributed by atoms with E-state index in [2.05, 4.69) is 0 Å². The van der Waals surface area contributed by atoms with Crippen molar-refractivity contribution < 1.29 is 28.9 Å². The third-order valence-corrected chi connectivity index (χ3v) is 6.29. The minimum absolute atomic E-state index is 0.0316. The largest absolute Gasteiger partial charge is 0.507 e. The number of amides is 1.